The maximum absolute atomic E-state index is 13.8. The highest BCUT2D eigenvalue weighted by molar-refractivity contribution is 6.29. The van der Waals surface area contributed by atoms with Gasteiger partial charge in [0.1, 0.15) is 22.5 Å². The predicted molar refractivity (Wildman–Crippen MR) is 70.3 cm³/mol. The van der Waals surface area contributed by atoms with E-state index in [4.69, 9.17) is 16.3 Å². The lowest BCUT2D eigenvalue weighted by molar-refractivity contribution is 0.410. The molecule has 0 N–H and O–H groups in total. The minimum atomic E-state index is -0.430. The van der Waals surface area contributed by atoms with Crippen molar-refractivity contribution in [1.29, 1.82) is 0 Å². The third-order valence-corrected chi connectivity index (χ3v) is 2.95. The van der Waals surface area contributed by atoms with Gasteiger partial charge < -0.3 is 4.74 Å². The molecule has 2 aromatic rings. The number of methoxy groups -OCH3 is 1. The zero-order chi connectivity index (χ0) is 14.0. The van der Waals surface area contributed by atoms with Crippen molar-refractivity contribution in [3.05, 3.63) is 57.0 Å². The first-order valence-electron chi connectivity index (χ1n) is 5.57. The summed E-state index contributed by atoms with van der Waals surface area (Å²) < 4.78 is 20.1. The molecule has 0 bridgehead atoms. The number of hydrogen-bond donors (Lipinski definition) is 0. The van der Waals surface area contributed by atoms with Gasteiger partial charge in [0.2, 0.25) is 0 Å². The second kappa shape index (κ2) is 5.40. The largest absolute Gasteiger partial charge is 0.497 e. The average Bonchev–Trinajstić information content (AvgIpc) is 2.35. The van der Waals surface area contributed by atoms with E-state index in [2.05, 4.69) is 4.98 Å². The van der Waals surface area contributed by atoms with Gasteiger partial charge in [0.05, 0.1) is 13.7 Å². The molecule has 0 unspecified atom stereocenters. The van der Waals surface area contributed by atoms with Crippen molar-refractivity contribution in [3.8, 4) is 5.75 Å². The molecule has 6 heteroatoms. The molecule has 0 amide bonds. The fourth-order valence-electron chi connectivity index (χ4n) is 1.73. The van der Waals surface area contributed by atoms with Crippen LogP contribution < -0.4 is 10.3 Å². The number of ether oxygens (including phenoxy) is 1. The second-order valence-electron chi connectivity index (χ2n) is 4.01. The summed E-state index contributed by atoms with van der Waals surface area (Å²) in [7, 11) is 1.46. The quantitative estimate of drug-likeness (QED) is 0.812. The summed E-state index contributed by atoms with van der Waals surface area (Å²) >= 11 is 5.68. The van der Waals surface area contributed by atoms with Gasteiger partial charge in [-0.2, -0.15) is 0 Å². The molecule has 19 heavy (non-hydrogen) atoms. The first-order valence-corrected chi connectivity index (χ1v) is 5.95. The van der Waals surface area contributed by atoms with Crippen molar-refractivity contribution in [1.82, 2.24) is 9.55 Å². The van der Waals surface area contributed by atoms with E-state index < -0.39 is 5.82 Å². The highest BCUT2D eigenvalue weighted by Gasteiger charge is 2.09. The SMILES string of the molecule is COc1ccc(Cn2c(C)nc(Cl)cc2=O)c(F)c1. The van der Waals surface area contributed by atoms with Crippen LogP contribution in [0, 0.1) is 12.7 Å². The summed E-state index contributed by atoms with van der Waals surface area (Å²) in [6.45, 7) is 1.75. The second-order valence-corrected chi connectivity index (χ2v) is 4.40. The summed E-state index contributed by atoms with van der Waals surface area (Å²) in [5.74, 6) is 0.438. The summed E-state index contributed by atoms with van der Waals surface area (Å²) in [6, 6.07) is 5.70. The summed E-state index contributed by atoms with van der Waals surface area (Å²) in [5, 5.41) is 0.133. The topological polar surface area (TPSA) is 44.1 Å². The minimum Gasteiger partial charge on any atom is -0.497 e. The molecule has 1 heterocycles. The number of nitrogens with zero attached hydrogens (tertiary/aromatic N) is 2. The van der Waals surface area contributed by atoms with Crippen molar-refractivity contribution >= 4 is 11.6 Å². The van der Waals surface area contributed by atoms with Gasteiger partial charge >= 0.3 is 0 Å². The monoisotopic (exact) mass is 282 g/mol. The Hall–Kier alpha value is -1.88. The molecule has 0 atom stereocenters. The number of halogens is 2. The highest BCUT2D eigenvalue weighted by Crippen LogP contribution is 2.17. The Balaban J connectivity index is 2.39. The van der Waals surface area contributed by atoms with E-state index in [9.17, 15) is 9.18 Å². The van der Waals surface area contributed by atoms with Crippen molar-refractivity contribution in [2.24, 2.45) is 0 Å². The Morgan fingerprint density at radius 1 is 1.42 bits per heavy atom. The van der Waals surface area contributed by atoms with Crippen LogP contribution in [0.25, 0.3) is 0 Å². The third-order valence-electron chi connectivity index (χ3n) is 2.76. The number of hydrogen-bond acceptors (Lipinski definition) is 3. The van der Waals surface area contributed by atoms with Gasteiger partial charge in [-0.25, -0.2) is 9.37 Å². The summed E-state index contributed by atoms with van der Waals surface area (Å²) in [4.78, 5) is 15.8. The number of benzene rings is 1. The number of aryl methyl sites for hydroxylation is 1. The maximum atomic E-state index is 13.8. The van der Waals surface area contributed by atoms with Crippen molar-refractivity contribution in [2.75, 3.05) is 7.11 Å². The van der Waals surface area contributed by atoms with E-state index in [1.807, 2.05) is 0 Å². The Bertz CT molecular complexity index is 670. The molecule has 0 radical (unpaired) electrons. The van der Waals surface area contributed by atoms with Crippen molar-refractivity contribution < 1.29 is 9.13 Å². The Labute approximate surface area is 114 Å². The molecule has 0 fully saturated rings. The molecule has 0 spiro atoms. The van der Waals surface area contributed by atoms with E-state index in [-0.39, 0.29) is 17.3 Å². The van der Waals surface area contributed by atoms with Crippen LogP contribution >= 0.6 is 11.6 Å². The average molecular weight is 283 g/mol. The van der Waals surface area contributed by atoms with Crippen LogP contribution in [-0.2, 0) is 6.54 Å². The first kappa shape index (κ1) is 13.5. The van der Waals surface area contributed by atoms with Gasteiger partial charge in [-0.05, 0) is 13.0 Å². The summed E-state index contributed by atoms with van der Waals surface area (Å²) in [6.07, 6.45) is 0. The molecule has 2 rings (SSSR count). The normalized spacial score (nSPS) is 10.5. The predicted octanol–water partition coefficient (Wildman–Crippen LogP) is 2.40. The van der Waals surface area contributed by atoms with Gasteiger partial charge in [0.15, 0.2) is 0 Å². The van der Waals surface area contributed by atoms with E-state index in [1.165, 1.54) is 23.8 Å². The number of aromatic nitrogens is 2. The zero-order valence-corrected chi connectivity index (χ0v) is 11.2. The first-order chi connectivity index (χ1) is 9.01. The molecule has 0 aliphatic rings. The van der Waals surface area contributed by atoms with E-state index in [0.717, 1.165) is 0 Å². The Morgan fingerprint density at radius 2 is 2.16 bits per heavy atom. The minimum absolute atomic E-state index is 0.102. The number of rotatable bonds is 3. The molecule has 1 aromatic carbocycles. The molecule has 0 aliphatic carbocycles. The maximum Gasteiger partial charge on any atom is 0.255 e. The fourth-order valence-corrected chi connectivity index (χ4v) is 1.95. The van der Waals surface area contributed by atoms with Gasteiger partial charge in [0, 0.05) is 17.7 Å². The summed E-state index contributed by atoms with van der Waals surface area (Å²) in [5.41, 5.74) is 0.0721. The van der Waals surface area contributed by atoms with Gasteiger partial charge in [-0.15, -0.1) is 0 Å². The van der Waals surface area contributed by atoms with E-state index >= 15 is 0 Å². The Kier molecular flexibility index (Phi) is 3.85. The van der Waals surface area contributed by atoms with Gasteiger partial charge in [-0.3, -0.25) is 9.36 Å². The molecule has 0 saturated carbocycles. The van der Waals surface area contributed by atoms with Gasteiger partial charge in [0.25, 0.3) is 5.56 Å². The van der Waals surface area contributed by atoms with Crippen molar-refractivity contribution in [2.45, 2.75) is 13.5 Å². The molecule has 0 saturated heterocycles. The van der Waals surface area contributed by atoms with Gasteiger partial charge in [-0.1, -0.05) is 17.7 Å². The molecule has 100 valence electrons. The molecule has 0 aliphatic heterocycles. The lowest BCUT2D eigenvalue weighted by Crippen LogP contribution is -2.23. The molecular weight excluding hydrogens is 271 g/mol. The highest BCUT2D eigenvalue weighted by atomic mass is 35.5. The van der Waals surface area contributed by atoms with E-state index in [1.54, 1.807) is 19.1 Å². The molecule has 1 aromatic heterocycles. The third kappa shape index (κ3) is 2.93. The Morgan fingerprint density at radius 3 is 2.74 bits per heavy atom. The fraction of sp³-hybridized carbons (Fsp3) is 0.231. The smallest absolute Gasteiger partial charge is 0.255 e. The molecule has 4 nitrogen and oxygen atoms in total. The van der Waals surface area contributed by atoms with E-state index in [0.29, 0.717) is 17.1 Å². The molecular formula is C13H12ClFN2O2. The van der Waals surface area contributed by atoms with Crippen LogP contribution in [0.1, 0.15) is 11.4 Å². The van der Waals surface area contributed by atoms with Crippen LogP contribution in [0.3, 0.4) is 0 Å². The van der Waals surface area contributed by atoms with Crippen molar-refractivity contribution in [3.63, 3.8) is 0 Å². The van der Waals surface area contributed by atoms with Crippen LogP contribution in [-0.4, -0.2) is 16.7 Å². The van der Waals surface area contributed by atoms with Crippen LogP contribution in [0.15, 0.2) is 29.1 Å². The zero-order valence-electron chi connectivity index (χ0n) is 10.5. The van der Waals surface area contributed by atoms with Crippen LogP contribution in [0.4, 0.5) is 4.39 Å². The standard InChI is InChI=1S/C13H12ClFN2O2/c1-8-16-12(14)6-13(18)17(8)7-9-3-4-10(19-2)5-11(9)15/h3-6H,7H2,1-2H3. The lowest BCUT2D eigenvalue weighted by atomic mass is 10.2. The lowest BCUT2D eigenvalue weighted by Gasteiger charge is -2.10. The van der Waals surface area contributed by atoms with Crippen LogP contribution in [0.2, 0.25) is 5.15 Å². The van der Waals surface area contributed by atoms with Crippen LogP contribution in [0.5, 0.6) is 5.75 Å².